The first-order chi connectivity index (χ1) is 13.3. The molecule has 2 aromatic rings. The van der Waals surface area contributed by atoms with Gasteiger partial charge < -0.3 is 29.5 Å². The number of benzene rings is 2. The molecule has 2 aromatic carbocycles. The molecule has 0 saturated heterocycles. The van der Waals surface area contributed by atoms with Gasteiger partial charge in [0, 0.05) is 13.2 Å². The van der Waals surface area contributed by atoms with Crippen molar-refractivity contribution in [2.24, 2.45) is 0 Å². The molecule has 0 bridgehead atoms. The smallest absolute Gasteiger partial charge is 0.331 e. The molecule has 8 heteroatoms. The van der Waals surface area contributed by atoms with E-state index in [9.17, 15) is 24.9 Å². The van der Waals surface area contributed by atoms with Gasteiger partial charge in [0.15, 0.2) is 29.6 Å². The van der Waals surface area contributed by atoms with Crippen molar-refractivity contribution in [1.29, 1.82) is 0 Å². The maximum absolute atomic E-state index is 12.2. The van der Waals surface area contributed by atoms with Crippen LogP contribution >= 0.6 is 0 Å². The van der Waals surface area contributed by atoms with Crippen molar-refractivity contribution < 1.29 is 39.1 Å². The summed E-state index contributed by atoms with van der Waals surface area (Å²) in [6.07, 6.45) is 1.46. The maximum Gasteiger partial charge on any atom is 0.331 e. The van der Waals surface area contributed by atoms with Crippen LogP contribution in [-0.4, -0.2) is 47.9 Å². The fraction of sp³-hybridized carbons (Fsp3) is 0.200. The molecule has 3 N–H and O–H groups in total. The quantitative estimate of drug-likeness (QED) is 0.358. The highest BCUT2D eigenvalue weighted by atomic mass is 16.5. The maximum atomic E-state index is 12.2. The molecule has 28 heavy (non-hydrogen) atoms. The second-order valence-corrected chi connectivity index (χ2v) is 5.70. The molecule has 0 spiro atoms. The van der Waals surface area contributed by atoms with Gasteiger partial charge in [0.25, 0.3) is 0 Å². The molecule has 0 amide bonds. The largest absolute Gasteiger partial charge is 0.504 e. The second-order valence-electron chi connectivity index (χ2n) is 5.70. The Morgan fingerprint density at radius 3 is 2.36 bits per heavy atom. The predicted molar refractivity (Wildman–Crippen MR) is 99.2 cm³/mol. The molecule has 0 heterocycles. The number of aromatic hydroxyl groups is 3. The predicted octanol–water partition coefficient (Wildman–Crippen LogP) is 2.33. The van der Waals surface area contributed by atoms with E-state index in [0.717, 1.165) is 6.08 Å². The van der Waals surface area contributed by atoms with Crippen LogP contribution in [0.4, 0.5) is 0 Å². The number of ketones is 1. The van der Waals surface area contributed by atoms with Crippen LogP contribution in [0.15, 0.2) is 42.5 Å². The van der Waals surface area contributed by atoms with E-state index in [2.05, 4.69) is 0 Å². The number of Topliss-reactive ketones (excluding diaryl/α,β-unsaturated/α-hetero) is 1. The van der Waals surface area contributed by atoms with Gasteiger partial charge in [-0.2, -0.15) is 0 Å². The molecule has 1 atom stereocenters. The number of ether oxygens (including phenoxy) is 3. The zero-order valence-electron chi connectivity index (χ0n) is 15.3. The molecule has 2 rings (SSSR count). The van der Waals surface area contributed by atoms with E-state index in [1.807, 2.05) is 0 Å². The highest BCUT2D eigenvalue weighted by Gasteiger charge is 2.22. The van der Waals surface area contributed by atoms with Gasteiger partial charge in [-0.1, -0.05) is 12.1 Å². The van der Waals surface area contributed by atoms with Crippen LogP contribution in [0.2, 0.25) is 0 Å². The molecule has 8 nitrogen and oxygen atoms in total. The van der Waals surface area contributed by atoms with Gasteiger partial charge in [-0.05, 0) is 41.5 Å². The second kappa shape index (κ2) is 9.43. The van der Waals surface area contributed by atoms with Crippen LogP contribution in [0.3, 0.4) is 0 Å². The van der Waals surface area contributed by atoms with Gasteiger partial charge in [-0.15, -0.1) is 0 Å². The highest BCUT2D eigenvalue weighted by molar-refractivity contribution is 5.91. The average molecular weight is 388 g/mol. The monoisotopic (exact) mass is 388 g/mol. The van der Waals surface area contributed by atoms with Gasteiger partial charge in [0.2, 0.25) is 5.78 Å². The number of methoxy groups -OCH3 is 2. The molecule has 0 radical (unpaired) electrons. The summed E-state index contributed by atoms with van der Waals surface area (Å²) >= 11 is 0. The Bertz CT molecular complexity index is 888. The number of rotatable bonds is 8. The van der Waals surface area contributed by atoms with E-state index in [-0.39, 0.29) is 11.5 Å². The molecular weight excluding hydrogens is 368 g/mol. The fourth-order valence-electron chi connectivity index (χ4n) is 2.40. The van der Waals surface area contributed by atoms with Crippen molar-refractivity contribution in [3.8, 4) is 23.0 Å². The number of phenolic OH excluding ortho intramolecular Hbond substituents is 3. The number of carbonyl (C=O) groups is 2. The molecule has 0 aromatic heterocycles. The molecule has 0 aliphatic rings. The molecule has 0 aliphatic heterocycles. The fourth-order valence-corrected chi connectivity index (χ4v) is 2.40. The lowest BCUT2D eigenvalue weighted by Gasteiger charge is -2.15. The standard InChI is InChI=1S/C20H20O8/c1-26-18-7-3-12(9-16(18)23)4-8-19(25)28-11-17(24)20(27-2)13-5-6-14(21)15(22)10-13/h3-10,20-23H,11H2,1-2H3/t20-/m0/s1. The average Bonchev–Trinajstić information content (AvgIpc) is 2.68. The SMILES string of the molecule is COc1ccc(C=CC(=O)OCC(=O)[C@@H](OC)c2ccc(O)c(O)c2)cc1O. The van der Waals surface area contributed by atoms with Crippen LogP contribution in [0.5, 0.6) is 23.0 Å². The Labute approximate surface area is 161 Å². The third-order valence-corrected chi connectivity index (χ3v) is 3.80. The Hall–Kier alpha value is -3.52. The van der Waals surface area contributed by atoms with Crippen molar-refractivity contribution in [3.63, 3.8) is 0 Å². The van der Waals surface area contributed by atoms with E-state index >= 15 is 0 Å². The minimum absolute atomic E-state index is 0.0757. The first kappa shape index (κ1) is 20.8. The van der Waals surface area contributed by atoms with Crippen LogP contribution in [0.1, 0.15) is 17.2 Å². The molecule has 0 fully saturated rings. The van der Waals surface area contributed by atoms with Gasteiger partial charge in [-0.25, -0.2) is 4.79 Å². The van der Waals surface area contributed by atoms with Gasteiger partial charge in [-0.3, -0.25) is 4.79 Å². The van der Waals surface area contributed by atoms with Gasteiger partial charge >= 0.3 is 5.97 Å². The molecular formula is C20H20O8. The van der Waals surface area contributed by atoms with Crippen molar-refractivity contribution in [1.82, 2.24) is 0 Å². The zero-order chi connectivity index (χ0) is 20.7. The highest BCUT2D eigenvalue weighted by Crippen LogP contribution is 2.29. The van der Waals surface area contributed by atoms with Crippen molar-refractivity contribution in [2.75, 3.05) is 20.8 Å². The third-order valence-electron chi connectivity index (χ3n) is 3.80. The summed E-state index contributed by atoms with van der Waals surface area (Å²) < 4.78 is 14.9. The van der Waals surface area contributed by atoms with E-state index in [0.29, 0.717) is 16.9 Å². The van der Waals surface area contributed by atoms with Gasteiger partial charge in [0.1, 0.15) is 6.10 Å². The lowest BCUT2D eigenvalue weighted by atomic mass is 10.1. The van der Waals surface area contributed by atoms with Crippen LogP contribution in [0, 0.1) is 0 Å². The summed E-state index contributed by atoms with van der Waals surface area (Å²) in [5.74, 6) is -1.80. The lowest BCUT2D eigenvalue weighted by Crippen LogP contribution is -2.21. The third kappa shape index (κ3) is 5.24. The van der Waals surface area contributed by atoms with Crippen LogP contribution in [-0.2, 0) is 19.1 Å². The van der Waals surface area contributed by atoms with E-state index in [1.54, 1.807) is 12.1 Å². The topological polar surface area (TPSA) is 123 Å². The van der Waals surface area contributed by atoms with E-state index in [1.165, 1.54) is 44.6 Å². The minimum atomic E-state index is -1.07. The molecule has 0 saturated carbocycles. The summed E-state index contributed by atoms with van der Waals surface area (Å²) in [4.78, 5) is 24.1. The van der Waals surface area contributed by atoms with E-state index < -0.39 is 30.2 Å². The summed E-state index contributed by atoms with van der Waals surface area (Å²) in [6.45, 7) is -0.544. The zero-order valence-corrected chi connectivity index (χ0v) is 15.3. The van der Waals surface area contributed by atoms with Crippen molar-refractivity contribution in [3.05, 3.63) is 53.6 Å². The number of hydrogen-bond donors (Lipinski definition) is 3. The number of carbonyl (C=O) groups excluding carboxylic acids is 2. The minimum Gasteiger partial charge on any atom is -0.504 e. The van der Waals surface area contributed by atoms with Crippen LogP contribution < -0.4 is 4.74 Å². The van der Waals surface area contributed by atoms with Crippen molar-refractivity contribution >= 4 is 17.8 Å². The molecule has 0 aliphatic carbocycles. The first-order valence-corrected chi connectivity index (χ1v) is 8.15. The Balaban J connectivity index is 1.95. The molecule has 0 unspecified atom stereocenters. The van der Waals surface area contributed by atoms with E-state index in [4.69, 9.17) is 14.2 Å². The van der Waals surface area contributed by atoms with Gasteiger partial charge in [0.05, 0.1) is 7.11 Å². The number of phenols is 3. The summed E-state index contributed by atoms with van der Waals surface area (Å²) in [5, 5.41) is 28.6. The van der Waals surface area contributed by atoms with Crippen LogP contribution in [0.25, 0.3) is 6.08 Å². The molecule has 148 valence electrons. The summed E-state index contributed by atoms with van der Waals surface area (Å²) in [6, 6.07) is 8.42. The Morgan fingerprint density at radius 1 is 1.00 bits per heavy atom. The van der Waals surface area contributed by atoms with Crippen molar-refractivity contribution in [2.45, 2.75) is 6.10 Å². The first-order valence-electron chi connectivity index (χ1n) is 8.15. The number of hydrogen-bond acceptors (Lipinski definition) is 8. The lowest BCUT2D eigenvalue weighted by molar-refractivity contribution is -0.146. The Morgan fingerprint density at radius 2 is 1.75 bits per heavy atom. The Kier molecular flexibility index (Phi) is 7.00. The summed E-state index contributed by atoms with van der Waals surface area (Å²) in [5.41, 5.74) is 0.846. The normalized spacial score (nSPS) is 11.9. The number of esters is 1. The summed E-state index contributed by atoms with van der Waals surface area (Å²) in [7, 11) is 2.72.